The van der Waals surface area contributed by atoms with Crippen LogP contribution in [0.5, 0.6) is 0 Å². The molecule has 41 heavy (non-hydrogen) atoms. The lowest BCUT2D eigenvalue weighted by molar-refractivity contribution is -0.160. The van der Waals surface area contributed by atoms with Crippen LogP contribution in [0.15, 0.2) is 11.4 Å². The predicted octanol–water partition coefficient (Wildman–Crippen LogP) is 1.01. The number of nitrogens with zero attached hydrogens (tertiary/aromatic N) is 4. The number of carbonyl (C=O) groups excluding carboxylic acids is 6. The van der Waals surface area contributed by atoms with Crippen LogP contribution in [0.4, 0.5) is 9.59 Å². The second-order valence-corrected chi connectivity index (χ2v) is 13.0. The van der Waals surface area contributed by atoms with E-state index in [9.17, 15) is 28.8 Å². The van der Waals surface area contributed by atoms with Gasteiger partial charge < -0.3 is 21.1 Å². The SMILES string of the molecule is COC(=O)C1CC(N2C(=O)N(C)C(=O)C23CC2(CCC(N4C(=O)C(=C(N)N)C(=O)N(CC5CCC5)C4=O)CC2)C3)C1. The highest BCUT2D eigenvalue weighted by molar-refractivity contribution is 6.29. The Morgan fingerprint density at radius 2 is 1.56 bits per heavy atom. The largest absolute Gasteiger partial charge is 0.469 e. The summed E-state index contributed by atoms with van der Waals surface area (Å²) in [6.45, 7) is 0.245. The summed E-state index contributed by atoms with van der Waals surface area (Å²) in [6.07, 6.45) is 7.23. The molecule has 2 heterocycles. The van der Waals surface area contributed by atoms with Crippen LogP contribution in [0.25, 0.3) is 0 Å². The average molecular weight is 571 g/mol. The zero-order chi connectivity index (χ0) is 29.4. The number of esters is 1. The first kappa shape index (κ1) is 27.5. The van der Waals surface area contributed by atoms with Gasteiger partial charge in [0.1, 0.15) is 16.9 Å². The number of hydrogen-bond acceptors (Lipinski definition) is 9. The van der Waals surface area contributed by atoms with Crippen molar-refractivity contribution in [1.29, 1.82) is 0 Å². The van der Waals surface area contributed by atoms with Gasteiger partial charge in [-0.15, -0.1) is 0 Å². The lowest BCUT2D eigenvalue weighted by Gasteiger charge is -2.61. The van der Waals surface area contributed by atoms with E-state index < -0.39 is 29.4 Å². The van der Waals surface area contributed by atoms with Crippen LogP contribution in [0.3, 0.4) is 0 Å². The van der Waals surface area contributed by atoms with Gasteiger partial charge in [-0.3, -0.25) is 33.9 Å². The number of amides is 7. The molecule has 4 saturated carbocycles. The van der Waals surface area contributed by atoms with E-state index in [4.69, 9.17) is 16.2 Å². The molecule has 0 aromatic carbocycles. The molecule has 7 amide bonds. The average Bonchev–Trinajstić information content (AvgIpc) is 3.04. The van der Waals surface area contributed by atoms with Crippen molar-refractivity contribution in [3.05, 3.63) is 11.4 Å². The Bertz CT molecular complexity index is 1250. The number of urea groups is 2. The van der Waals surface area contributed by atoms with E-state index in [-0.39, 0.29) is 59.1 Å². The molecule has 2 aliphatic heterocycles. The molecule has 6 rings (SSSR count). The molecule has 0 aromatic heterocycles. The van der Waals surface area contributed by atoms with Crippen molar-refractivity contribution in [2.75, 3.05) is 20.7 Å². The third kappa shape index (κ3) is 3.94. The van der Waals surface area contributed by atoms with Crippen LogP contribution >= 0.6 is 0 Å². The minimum Gasteiger partial charge on any atom is -0.469 e. The Balaban J connectivity index is 1.16. The highest BCUT2D eigenvalue weighted by Crippen LogP contribution is 2.62. The summed E-state index contributed by atoms with van der Waals surface area (Å²) in [7, 11) is 2.85. The number of carbonyl (C=O) groups is 6. The lowest BCUT2D eigenvalue weighted by Crippen LogP contribution is -2.68. The second-order valence-electron chi connectivity index (χ2n) is 13.0. The maximum atomic E-state index is 13.5. The van der Waals surface area contributed by atoms with Crippen molar-refractivity contribution < 1.29 is 33.5 Å². The number of imide groups is 3. The summed E-state index contributed by atoms with van der Waals surface area (Å²) >= 11 is 0. The lowest BCUT2D eigenvalue weighted by atomic mass is 9.50. The van der Waals surface area contributed by atoms with Crippen LogP contribution in [-0.4, -0.2) is 93.7 Å². The van der Waals surface area contributed by atoms with Crippen LogP contribution in [0.1, 0.15) is 70.6 Å². The van der Waals surface area contributed by atoms with E-state index in [2.05, 4.69) is 0 Å². The molecule has 0 bridgehead atoms. The molecule has 0 unspecified atom stereocenters. The van der Waals surface area contributed by atoms with Crippen molar-refractivity contribution in [1.82, 2.24) is 19.6 Å². The maximum Gasteiger partial charge on any atom is 0.334 e. The summed E-state index contributed by atoms with van der Waals surface area (Å²) in [5.41, 5.74) is 10.0. The smallest absolute Gasteiger partial charge is 0.334 e. The monoisotopic (exact) mass is 570 g/mol. The molecule has 0 atom stereocenters. The second kappa shape index (κ2) is 9.45. The Hall–Kier alpha value is -3.64. The molecule has 2 saturated heterocycles. The Morgan fingerprint density at radius 1 is 0.927 bits per heavy atom. The predicted molar refractivity (Wildman–Crippen MR) is 142 cm³/mol. The number of nitrogens with two attached hydrogens (primary N) is 2. The number of methoxy groups -OCH3 is 1. The third-order valence-electron chi connectivity index (χ3n) is 10.7. The normalized spacial score (nSPS) is 35.7. The topological polar surface area (TPSA) is 177 Å². The van der Waals surface area contributed by atoms with Gasteiger partial charge in [-0.25, -0.2) is 9.59 Å². The zero-order valence-corrected chi connectivity index (χ0v) is 23.6. The van der Waals surface area contributed by atoms with E-state index in [0.29, 0.717) is 51.4 Å². The fourth-order valence-electron chi connectivity index (χ4n) is 8.16. The number of ether oxygens (including phenoxy) is 1. The van der Waals surface area contributed by atoms with Gasteiger partial charge in [0.25, 0.3) is 17.7 Å². The molecule has 13 heteroatoms. The third-order valence-corrected chi connectivity index (χ3v) is 10.7. The molecule has 222 valence electrons. The van der Waals surface area contributed by atoms with E-state index >= 15 is 0 Å². The van der Waals surface area contributed by atoms with Crippen molar-refractivity contribution in [3.63, 3.8) is 0 Å². The van der Waals surface area contributed by atoms with Crippen LogP contribution in [-0.2, 0) is 23.9 Å². The van der Waals surface area contributed by atoms with Crippen LogP contribution in [0, 0.1) is 17.3 Å². The highest BCUT2D eigenvalue weighted by Gasteiger charge is 2.70. The summed E-state index contributed by atoms with van der Waals surface area (Å²) in [5.74, 6) is -2.42. The first-order chi connectivity index (χ1) is 19.4. The summed E-state index contributed by atoms with van der Waals surface area (Å²) in [6, 6.07) is -1.55. The van der Waals surface area contributed by atoms with E-state index in [1.807, 2.05) is 0 Å². The first-order valence-corrected chi connectivity index (χ1v) is 14.6. The standard InChI is InChI=1S/C28H38N6O7/c1-31-24(38)28(34(25(31)39)18-10-16(11-18)23(37)41-2)13-27(14-28)8-6-17(7-9-27)33-22(36)19(20(29)30)21(35)32(26(33)40)12-15-4-3-5-15/h15-18H,3-14,29-30H2,1-2H3. The van der Waals surface area contributed by atoms with Gasteiger partial charge in [-0.1, -0.05) is 6.42 Å². The minimum absolute atomic E-state index is 0.191. The Labute approximate surface area is 238 Å². The highest BCUT2D eigenvalue weighted by atomic mass is 16.5. The zero-order valence-electron chi connectivity index (χ0n) is 23.6. The number of barbiturate groups is 1. The Morgan fingerprint density at radius 3 is 2.10 bits per heavy atom. The fraction of sp³-hybridized carbons (Fsp3) is 0.714. The molecular formula is C28H38N6O7. The van der Waals surface area contributed by atoms with Gasteiger partial charge in [0, 0.05) is 25.7 Å². The van der Waals surface area contributed by atoms with E-state index in [1.165, 1.54) is 24.0 Å². The molecule has 6 aliphatic rings. The van der Waals surface area contributed by atoms with E-state index in [0.717, 1.165) is 24.2 Å². The van der Waals surface area contributed by atoms with Gasteiger partial charge in [0.15, 0.2) is 0 Å². The molecule has 4 N–H and O–H groups in total. The van der Waals surface area contributed by atoms with Gasteiger partial charge in [0.05, 0.1) is 13.0 Å². The van der Waals surface area contributed by atoms with Crippen molar-refractivity contribution in [2.45, 2.75) is 88.3 Å². The van der Waals surface area contributed by atoms with Crippen LogP contribution < -0.4 is 11.5 Å². The van der Waals surface area contributed by atoms with E-state index in [1.54, 1.807) is 4.90 Å². The van der Waals surface area contributed by atoms with Crippen molar-refractivity contribution in [2.24, 2.45) is 28.7 Å². The molecular weight excluding hydrogens is 532 g/mol. The maximum absolute atomic E-state index is 13.5. The molecule has 6 fully saturated rings. The van der Waals surface area contributed by atoms with Gasteiger partial charge in [-0.2, -0.15) is 0 Å². The quantitative estimate of drug-likeness (QED) is 0.211. The Kier molecular flexibility index (Phi) is 6.34. The molecule has 13 nitrogen and oxygen atoms in total. The summed E-state index contributed by atoms with van der Waals surface area (Å²) in [5, 5.41) is 0. The van der Waals surface area contributed by atoms with Gasteiger partial charge >= 0.3 is 18.0 Å². The summed E-state index contributed by atoms with van der Waals surface area (Å²) in [4.78, 5) is 83.4. The van der Waals surface area contributed by atoms with Gasteiger partial charge in [-0.05, 0) is 75.5 Å². The first-order valence-electron chi connectivity index (χ1n) is 14.6. The minimum atomic E-state index is -0.920. The fourth-order valence-corrected chi connectivity index (χ4v) is 8.16. The van der Waals surface area contributed by atoms with Crippen molar-refractivity contribution in [3.8, 4) is 0 Å². The number of rotatable bonds is 5. The summed E-state index contributed by atoms with van der Waals surface area (Å²) < 4.78 is 4.84. The van der Waals surface area contributed by atoms with Gasteiger partial charge in [0.2, 0.25) is 0 Å². The van der Waals surface area contributed by atoms with Crippen LogP contribution in [0.2, 0.25) is 0 Å². The molecule has 2 spiro atoms. The number of hydrogen-bond donors (Lipinski definition) is 2. The molecule has 4 aliphatic carbocycles. The van der Waals surface area contributed by atoms with Crippen molar-refractivity contribution >= 4 is 35.8 Å². The molecule has 0 aromatic rings. The molecule has 0 radical (unpaired) electrons. The number of likely N-dealkylation sites (N-methyl/N-ethyl adjacent to an activating group) is 1.